The van der Waals surface area contributed by atoms with Gasteiger partial charge in [0.05, 0.1) is 11.7 Å². The first-order chi connectivity index (χ1) is 15.6. The van der Waals surface area contributed by atoms with Crippen LogP contribution < -0.4 is 0 Å². The van der Waals surface area contributed by atoms with Crippen LogP contribution in [-0.4, -0.2) is 56.6 Å². The number of hydrogen-bond donors (Lipinski definition) is 1. The molecule has 0 unspecified atom stereocenters. The lowest BCUT2D eigenvalue weighted by atomic mass is 9.91. The average molecular weight is 431 g/mol. The molecule has 1 aromatic heterocycles. The van der Waals surface area contributed by atoms with Crippen LogP contribution in [0.2, 0.25) is 0 Å². The molecule has 6 nitrogen and oxygen atoms in total. The summed E-state index contributed by atoms with van der Waals surface area (Å²) in [5.41, 5.74) is 3.03. The minimum absolute atomic E-state index is 0.233. The Kier molecular flexibility index (Phi) is 5.71. The topological polar surface area (TPSA) is 80.5 Å². The largest absolute Gasteiger partial charge is 0.392 e. The van der Waals surface area contributed by atoms with Crippen LogP contribution in [0.5, 0.6) is 0 Å². The van der Waals surface area contributed by atoms with Gasteiger partial charge in [-0.05, 0) is 36.5 Å². The van der Waals surface area contributed by atoms with Crippen molar-refractivity contribution in [2.24, 2.45) is 0 Å². The summed E-state index contributed by atoms with van der Waals surface area (Å²) in [7, 11) is 0. The molecule has 3 heterocycles. The Labute approximate surface area is 189 Å². The van der Waals surface area contributed by atoms with Gasteiger partial charge in [0.1, 0.15) is 11.6 Å². The van der Waals surface area contributed by atoms with Gasteiger partial charge in [-0.25, -0.2) is 0 Å². The standard InChI is InChI=1S/C26H30N4O2/c27-14-20-12-22(16-28-15-20)21-8-6-19(7-9-21)17-29-18-24(31)13-26(29)10-11-30(25(26)32)23-4-2-1-3-5-23/h6-9,12,15-16,23-24,31H,1-5,10-11,13,17-18H2/t24-,26+/m1/s1. The Balaban J connectivity index is 1.33. The summed E-state index contributed by atoms with van der Waals surface area (Å²) in [6.45, 7) is 2.01. The quantitative estimate of drug-likeness (QED) is 0.803. The average Bonchev–Trinajstić information content (AvgIpc) is 3.33. The highest BCUT2D eigenvalue weighted by atomic mass is 16.3. The van der Waals surface area contributed by atoms with Crippen LogP contribution in [0, 0.1) is 11.3 Å². The number of rotatable bonds is 4. The number of nitriles is 1. The van der Waals surface area contributed by atoms with E-state index in [1.54, 1.807) is 12.4 Å². The molecular weight excluding hydrogens is 400 g/mol. The molecule has 0 radical (unpaired) electrons. The highest BCUT2D eigenvalue weighted by molar-refractivity contribution is 5.89. The Hall–Kier alpha value is -2.75. The number of pyridine rings is 1. The molecule has 0 bridgehead atoms. The van der Waals surface area contributed by atoms with Gasteiger partial charge in [-0.2, -0.15) is 5.26 Å². The van der Waals surface area contributed by atoms with E-state index in [1.807, 2.05) is 18.2 Å². The van der Waals surface area contributed by atoms with E-state index in [9.17, 15) is 9.90 Å². The summed E-state index contributed by atoms with van der Waals surface area (Å²) in [6.07, 6.45) is 10.2. The van der Waals surface area contributed by atoms with Crippen molar-refractivity contribution in [2.45, 2.75) is 69.2 Å². The monoisotopic (exact) mass is 430 g/mol. The lowest BCUT2D eigenvalue weighted by Crippen LogP contribution is -2.51. The maximum Gasteiger partial charge on any atom is 0.243 e. The number of aliphatic hydroxyl groups excluding tert-OH is 1. The molecule has 2 aliphatic heterocycles. The lowest BCUT2D eigenvalue weighted by Gasteiger charge is -2.36. The summed E-state index contributed by atoms with van der Waals surface area (Å²) < 4.78 is 0. The minimum atomic E-state index is -0.555. The molecule has 1 aromatic carbocycles. The van der Waals surface area contributed by atoms with E-state index >= 15 is 0 Å². The molecule has 2 aromatic rings. The summed E-state index contributed by atoms with van der Waals surface area (Å²) in [5.74, 6) is 0.233. The van der Waals surface area contributed by atoms with Gasteiger partial charge in [0.15, 0.2) is 0 Å². The molecule has 6 heteroatoms. The third-order valence-electron chi connectivity index (χ3n) is 7.58. The molecule has 166 valence electrons. The van der Waals surface area contributed by atoms with Crippen LogP contribution >= 0.6 is 0 Å². The number of carbonyl (C=O) groups is 1. The fourth-order valence-electron chi connectivity index (χ4n) is 5.92. The molecule has 1 spiro atoms. The zero-order valence-corrected chi connectivity index (χ0v) is 18.4. The molecule has 3 fully saturated rings. The molecule has 3 aliphatic rings. The molecule has 1 aliphatic carbocycles. The van der Waals surface area contributed by atoms with E-state index in [0.717, 1.165) is 42.5 Å². The number of carbonyl (C=O) groups excluding carboxylic acids is 1. The number of aliphatic hydroxyl groups is 1. The fourth-order valence-corrected chi connectivity index (χ4v) is 5.92. The van der Waals surface area contributed by atoms with Gasteiger partial charge in [0, 0.05) is 50.1 Å². The summed E-state index contributed by atoms with van der Waals surface area (Å²) in [6, 6.07) is 12.6. The Bertz CT molecular complexity index is 1020. The van der Waals surface area contributed by atoms with Crippen molar-refractivity contribution < 1.29 is 9.90 Å². The van der Waals surface area contributed by atoms with Crippen LogP contribution in [0.4, 0.5) is 0 Å². The van der Waals surface area contributed by atoms with Crippen molar-refractivity contribution in [3.63, 3.8) is 0 Å². The highest BCUT2D eigenvalue weighted by Gasteiger charge is 2.56. The first-order valence-electron chi connectivity index (χ1n) is 11.8. The number of aromatic nitrogens is 1. The molecule has 1 saturated carbocycles. The number of amides is 1. The number of nitrogens with zero attached hydrogens (tertiary/aromatic N) is 4. The smallest absolute Gasteiger partial charge is 0.243 e. The minimum Gasteiger partial charge on any atom is -0.392 e. The molecule has 1 amide bonds. The first-order valence-corrected chi connectivity index (χ1v) is 11.8. The van der Waals surface area contributed by atoms with Crippen molar-refractivity contribution >= 4 is 5.91 Å². The van der Waals surface area contributed by atoms with Crippen molar-refractivity contribution in [1.29, 1.82) is 5.26 Å². The van der Waals surface area contributed by atoms with Crippen molar-refractivity contribution in [2.75, 3.05) is 13.1 Å². The SMILES string of the molecule is N#Cc1cncc(-c2ccc(CN3C[C@H](O)C[C@]34CCN(C3CCCCC3)C4=O)cc2)c1. The van der Waals surface area contributed by atoms with E-state index in [0.29, 0.717) is 31.1 Å². The summed E-state index contributed by atoms with van der Waals surface area (Å²) in [4.78, 5) is 22.1. The molecule has 2 saturated heterocycles. The van der Waals surface area contributed by atoms with Crippen molar-refractivity contribution in [3.05, 3.63) is 53.9 Å². The van der Waals surface area contributed by atoms with Crippen LogP contribution in [0.15, 0.2) is 42.7 Å². The molecule has 1 N–H and O–H groups in total. The van der Waals surface area contributed by atoms with Gasteiger partial charge in [0.2, 0.25) is 5.91 Å². The van der Waals surface area contributed by atoms with E-state index in [-0.39, 0.29) is 5.91 Å². The van der Waals surface area contributed by atoms with E-state index in [4.69, 9.17) is 5.26 Å². The van der Waals surface area contributed by atoms with Crippen LogP contribution in [0.1, 0.15) is 56.1 Å². The molecule has 5 rings (SSSR count). The summed E-state index contributed by atoms with van der Waals surface area (Å²) >= 11 is 0. The van der Waals surface area contributed by atoms with Crippen molar-refractivity contribution in [1.82, 2.24) is 14.8 Å². The third kappa shape index (κ3) is 3.80. The maximum atomic E-state index is 13.6. The van der Waals surface area contributed by atoms with Gasteiger partial charge in [-0.3, -0.25) is 14.7 Å². The van der Waals surface area contributed by atoms with Gasteiger partial charge in [0.25, 0.3) is 0 Å². The fraction of sp³-hybridized carbons (Fsp3) is 0.500. The zero-order chi connectivity index (χ0) is 22.1. The third-order valence-corrected chi connectivity index (χ3v) is 7.58. The lowest BCUT2D eigenvalue weighted by molar-refractivity contribution is -0.139. The molecular formula is C26H30N4O2. The predicted molar refractivity (Wildman–Crippen MR) is 121 cm³/mol. The first kappa shape index (κ1) is 21.1. The molecule has 2 atom stereocenters. The second kappa shape index (κ2) is 8.65. The maximum absolute atomic E-state index is 13.6. The van der Waals surface area contributed by atoms with Crippen LogP contribution in [0.25, 0.3) is 11.1 Å². The number of benzene rings is 1. The van der Waals surface area contributed by atoms with E-state index in [1.165, 1.54) is 19.3 Å². The Morgan fingerprint density at radius 2 is 1.91 bits per heavy atom. The van der Waals surface area contributed by atoms with Crippen LogP contribution in [-0.2, 0) is 11.3 Å². The van der Waals surface area contributed by atoms with Gasteiger partial charge >= 0.3 is 0 Å². The number of hydrogen-bond acceptors (Lipinski definition) is 5. The Morgan fingerprint density at radius 1 is 1.12 bits per heavy atom. The predicted octanol–water partition coefficient (Wildman–Crippen LogP) is 3.49. The molecule has 32 heavy (non-hydrogen) atoms. The van der Waals surface area contributed by atoms with Gasteiger partial charge in [-0.15, -0.1) is 0 Å². The van der Waals surface area contributed by atoms with E-state index in [2.05, 4.69) is 33.0 Å². The zero-order valence-electron chi connectivity index (χ0n) is 18.4. The second-order valence-electron chi connectivity index (χ2n) is 9.58. The van der Waals surface area contributed by atoms with E-state index < -0.39 is 11.6 Å². The van der Waals surface area contributed by atoms with Crippen molar-refractivity contribution in [3.8, 4) is 17.2 Å². The Morgan fingerprint density at radius 3 is 2.66 bits per heavy atom. The van der Waals surface area contributed by atoms with Gasteiger partial charge in [-0.1, -0.05) is 43.5 Å². The summed E-state index contributed by atoms with van der Waals surface area (Å²) in [5, 5.41) is 19.6. The number of β-amino-alcohol motifs (C(OH)–C–C–N with tert-alkyl or cyclic N) is 1. The number of likely N-dealkylation sites (tertiary alicyclic amines) is 2. The normalized spacial score (nSPS) is 26.7. The highest BCUT2D eigenvalue weighted by Crippen LogP contribution is 2.42. The van der Waals surface area contributed by atoms with Gasteiger partial charge < -0.3 is 10.0 Å². The second-order valence-corrected chi connectivity index (χ2v) is 9.58. The van der Waals surface area contributed by atoms with Crippen LogP contribution in [0.3, 0.4) is 0 Å².